The fourth-order valence-corrected chi connectivity index (χ4v) is 7.50. The number of hydrogen-bond donors (Lipinski definition) is 3. The first kappa shape index (κ1) is 23.5. The highest BCUT2D eigenvalue weighted by Gasteiger charge is 2.51. The van der Waals surface area contributed by atoms with Gasteiger partial charge in [0.15, 0.2) is 0 Å². The molecule has 4 aliphatic carbocycles. The minimum atomic E-state index is -0.110. The Balaban J connectivity index is 1.08. The molecule has 1 atom stereocenters. The first-order valence-corrected chi connectivity index (χ1v) is 13.2. The van der Waals surface area contributed by atoms with E-state index in [0.29, 0.717) is 19.5 Å². The third-order valence-electron chi connectivity index (χ3n) is 8.61. The number of carbonyl (C=O) groups is 2. The Kier molecular flexibility index (Phi) is 7.00. The molecule has 0 radical (unpaired) electrons. The summed E-state index contributed by atoms with van der Waals surface area (Å²) in [7, 11) is 1.68. The van der Waals surface area contributed by atoms with E-state index in [1.807, 2.05) is 12.1 Å². The van der Waals surface area contributed by atoms with Crippen molar-refractivity contribution in [1.29, 1.82) is 0 Å². The van der Waals surface area contributed by atoms with E-state index in [0.717, 1.165) is 61.4 Å². The van der Waals surface area contributed by atoms with Crippen LogP contribution in [0.15, 0.2) is 24.3 Å². The normalized spacial score (nSPS) is 30.7. The van der Waals surface area contributed by atoms with Crippen LogP contribution in [0.4, 0.5) is 4.79 Å². The van der Waals surface area contributed by atoms with Crippen molar-refractivity contribution < 1.29 is 14.3 Å². The van der Waals surface area contributed by atoms with Crippen LogP contribution >= 0.6 is 0 Å². The molecule has 34 heavy (non-hydrogen) atoms. The molecule has 7 nitrogen and oxygen atoms in total. The van der Waals surface area contributed by atoms with Crippen molar-refractivity contribution in [3.63, 3.8) is 0 Å². The third kappa shape index (κ3) is 5.35. The van der Waals surface area contributed by atoms with E-state index in [4.69, 9.17) is 4.74 Å². The van der Waals surface area contributed by atoms with Crippen molar-refractivity contribution in [2.24, 2.45) is 17.8 Å². The number of amides is 3. The number of nitrogens with one attached hydrogen (secondary N) is 3. The fraction of sp³-hybridized carbons (Fsp3) is 0.704. The quantitative estimate of drug-likeness (QED) is 0.517. The average Bonchev–Trinajstić information content (AvgIpc) is 3.33. The molecule has 0 spiro atoms. The Hall–Kier alpha value is -2.28. The SMILES string of the molecule is COc1cccc(C(CNC(=O)CCNC(=O)NC23CC4CC(CC(C4)C2)C3)N2CCCC2)c1. The molecular formula is C27H40N4O3. The summed E-state index contributed by atoms with van der Waals surface area (Å²) >= 11 is 0. The van der Waals surface area contributed by atoms with E-state index in [2.05, 4.69) is 33.0 Å². The summed E-state index contributed by atoms with van der Waals surface area (Å²) in [5.41, 5.74) is 1.16. The standard InChI is InChI=1S/C27H40N4O3/c1-34-23-6-4-5-22(14-23)24(31-9-2-3-10-31)18-29-25(32)7-8-28-26(33)30-27-15-19-11-20(16-27)13-21(12-19)17-27/h4-6,14,19-21,24H,2-3,7-13,15-18H2,1H3,(H,29,32)(H2,28,30,33). The van der Waals surface area contributed by atoms with E-state index < -0.39 is 0 Å². The van der Waals surface area contributed by atoms with Crippen molar-refractivity contribution in [3.8, 4) is 5.75 Å². The predicted octanol–water partition coefficient (Wildman–Crippen LogP) is 3.61. The number of likely N-dealkylation sites (tertiary alicyclic amines) is 1. The summed E-state index contributed by atoms with van der Waals surface area (Å²) in [6.45, 7) is 3.01. The van der Waals surface area contributed by atoms with Gasteiger partial charge >= 0.3 is 6.03 Å². The summed E-state index contributed by atoms with van der Waals surface area (Å²) in [4.78, 5) is 27.6. The van der Waals surface area contributed by atoms with Crippen molar-refractivity contribution >= 4 is 11.9 Å². The zero-order valence-corrected chi connectivity index (χ0v) is 20.5. The molecule has 5 fully saturated rings. The van der Waals surface area contributed by atoms with Crippen molar-refractivity contribution in [2.75, 3.05) is 33.3 Å². The molecule has 186 valence electrons. The monoisotopic (exact) mass is 468 g/mol. The van der Waals surface area contributed by atoms with Gasteiger partial charge in [-0.3, -0.25) is 9.69 Å². The van der Waals surface area contributed by atoms with Gasteiger partial charge in [0.25, 0.3) is 0 Å². The molecule has 1 aromatic carbocycles. The molecular weight excluding hydrogens is 428 g/mol. The molecule has 4 saturated carbocycles. The molecule has 1 unspecified atom stereocenters. The molecule has 7 heteroatoms. The summed E-state index contributed by atoms with van der Waals surface area (Å²) in [6, 6.07) is 8.14. The van der Waals surface area contributed by atoms with Crippen molar-refractivity contribution in [2.45, 2.75) is 69.4 Å². The molecule has 1 heterocycles. The van der Waals surface area contributed by atoms with Gasteiger partial charge in [-0.2, -0.15) is 0 Å². The fourth-order valence-electron chi connectivity index (χ4n) is 7.50. The van der Waals surface area contributed by atoms with E-state index in [-0.39, 0.29) is 23.5 Å². The maximum Gasteiger partial charge on any atom is 0.315 e. The van der Waals surface area contributed by atoms with Crippen LogP contribution in [0.2, 0.25) is 0 Å². The molecule has 3 amide bonds. The molecule has 3 N–H and O–H groups in total. The third-order valence-corrected chi connectivity index (χ3v) is 8.61. The Bertz CT molecular complexity index is 847. The molecule has 1 aliphatic heterocycles. The van der Waals surface area contributed by atoms with Crippen LogP contribution in [-0.4, -0.2) is 55.7 Å². The van der Waals surface area contributed by atoms with Crippen LogP contribution in [0, 0.1) is 17.8 Å². The number of ether oxygens (including phenoxy) is 1. The number of carbonyl (C=O) groups excluding carboxylic acids is 2. The minimum absolute atomic E-state index is 0.000776. The van der Waals surface area contributed by atoms with Crippen LogP contribution in [0.5, 0.6) is 5.75 Å². The van der Waals surface area contributed by atoms with E-state index in [9.17, 15) is 9.59 Å². The van der Waals surface area contributed by atoms with Crippen LogP contribution in [0.25, 0.3) is 0 Å². The number of rotatable bonds is 9. The number of benzene rings is 1. The first-order valence-electron chi connectivity index (χ1n) is 13.2. The van der Waals surface area contributed by atoms with E-state index in [1.54, 1.807) is 7.11 Å². The Labute approximate surface area is 203 Å². The van der Waals surface area contributed by atoms with Crippen LogP contribution in [0.1, 0.15) is 69.4 Å². The lowest BCUT2D eigenvalue weighted by Gasteiger charge is -2.56. The van der Waals surface area contributed by atoms with Crippen LogP contribution < -0.4 is 20.7 Å². The van der Waals surface area contributed by atoms with Gasteiger partial charge < -0.3 is 20.7 Å². The van der Waals surface area contributed by atoms with Gasteiger partial charge in [-0.15, -0.1) is 0 Å². The van der Waals surface area contributed by atoms with E-state index in [1.165, 1.54) is 32.1 Å². The van der Waals surface area contributed by atoms with Gasteiger partial charge in [0, 0.05) is 25.0 Å². The van der Waals surface area contributed by atoms with Gasteiger partial charge in [0.05, 0.1) is 13.2 Å². The number of urea groups is 1. The van der Waals surface area contributed by atoms with Gasteiger partial charge in [-0.05, 0) is 99.9 Å². The topological polar surface area (TPSA) is 82.7 Å². The summed E-state index contributed by atoms with van der Waals surface area (Å²) in [6.07, 6.45) is 10.2. The average molecular weight is 469 g/mol. The molecule has 5 aliphatic rings. The second-order valence-corrected chi connectivity index (χ2v) is 11.2. The molecule has 0 aromatic heterocycles. The number of methoxy groups -OCH3 is 1. The van der Waals surface area contributed by atoms with Gasteiger partial charge in [0.1, 0.15) is 5.75 Å². The molecule has 1 saturated heterocycles. The maximum absolute atomic E-state index is 12.6. The smallest absolute Gasteiger partial charge is 0.315 e. The summed E-state index contributed by atoms with van der Waals surface area (Å²) in [5, 5.41) is 9.36. The zero-order valence-electron chi connectivity index (χ0n) is 20.5. The van der Waals surface area contributed by atoms with Crippen LogP contribution in [-0.2, 0) is 4.79 Å². The highest BCUT2D eigenvalue weighted by Crippen LogP contribution is 2.55. The second kappa shape index (κ2) is 10.1. The zero-order chi connectivity index (χ0) is 23.5. The molecule has 1 aromatic rings. The Morgan fingerprint density at radius 3 is 2.38 bits per heavy atom. The van der Waals surface area contributed by atoms with Gasteiger partial charge in [-0.1, -0.05) is 12.1 Å². The molecule has 4 bridgehead atoms. The first-order chi connectivity index (χ1) is 16.5. The lowest BCUT2D eigenvalue weighted by Crippen LogP contribution is -2.61. The number of hydrogen-bond acceptors (Lipinski definition) is 4. The Morgan fingerprint density at radius 2 is 1.74 bits per heavy atom. The van der Waals surface area contributed by atoms with Gasteiger partial charge in [-0.25, -0.2) is 4.79 Å². The van der Waals surface area contributed by atoms with E-state index >= 15 is 0 Å². The summed E-state index contributed by atoms with van der Waals surface area (Å²) in [5.74, 6) is 3.20. The highest BCUT2D eigenvalue weighted by molar-refractivity contribution is 5.78. The Morgan fingerprint density at radius 1 is 1.06 bits per heavy atom. The lowest BCUT2D eigenvalue weighted by molar-refractivity contribution is -0.121. The number of nitrogens with zero attached hydrogens (tertiary/aromatic N) is 1. The largest absolute Gasteiger partial charge is 0.497 e. The molecule has 6 rings (SSSR count). The van der Waals surface area contributed by atoms with Gasteiger partial charge in [0.2, 0.25) is 5.91 Å². The van der Waals surface area contributed by atoms with Crippen LogP contribution in [0.3, 0.4) is 0 Å². The maximum atomic E-state index is 12.6. The predicted molar refractivity (Wildman–Crippen MR) is 132 cm³/mol. The highest BCUT2D eigenvalue weighted by atomic mass is 16.5. The second-order valence-electron chi connectivity index (χ2n) is 11.2. The summed E-state index contributed by atoms with van der Waals surface area (Å²) < 4.78 is 5.40. The van der Waals surface area contributed by atoms with Crippen molar-refractivity contribution in [1.82, 2.24) is 20.9 Å². The minimum Gasteiger partial charge on any atom is -0.497 e. The van der Waals surface area contributed by atoms with Crippen molar-refractivity contribution in [3.05, 3.63) is 29.8 Å². The lowest BCUT2D eigenvalue weighted by atomic mass is 9.53.